The van der Waals surface area contributed by atoms with Crippen molar-refractivity contribution in [3.63, 3.8) is 0 Å². The molecule has 1 N–H and O–H groups in total. The zero-order valence-electron chi connectivity index (χ0n) is 15.5. The predicted molar refractivity (Wildman–Crippen MR) is 112 cm³/mol. The van der Waals surface area contributed by atoms with Gasteiger partial charge in [-0.05, 0) is 65.7 Å². The van der Waals surface area contributed by atoms with Crippen LogP contribution in [0.4, 0.5) is 10.1 Å². The van der Waals surface area contributed by atoms with E-state index < -0.39 is 0 Å². The van der Waals surface area contributed by atoms with E-state index in [1.807, 2.05) is 24.3 Å². The molecule has 0 bridgehead atoms. The summed E-state index contributed by atoms with van der Waals surface area (Å²) in [5.74, 6) is -0.0862. The minimum atomic E-state index is -0.313. The Morgan fingerprint density at radius 2 is 2.04 bits per heavy atom. The van der Waals surface area contributed by atoms with Gasteiger partial charge in [-0.3, -0.25) is 9.69 Å². The van der Waals surface area contributed by atoms with Gasteiger partial charge in [-0.15, -0.1) is 0 Å². The molecule has 1 aromatic heterocycles. The third-order valence-corrected chi connectivity index (χ3v) is 5.24. The topological polar surface area (TPSA) is 61.4 Å². The number of aromatic nitrogens is 2. The molecule has 1 fully saturated rings. The van der Waals surface area contributed by atoms with Crippen LogP contribution in [0.25, 0.3) is 17.1 Å². The fourth-order valence-corrected chi connectivity index (χ4v) is 3.94. The minimum Gasteiger partial charge on any atom is -0.345 e. The highest BCUT2D eigenvalue weighted by atomic mass is 32.2. The predicted octanol–water partition coefficient (Wildman–Crippen LogP) is 4.96. The maximum Gasteiger partial charge on any atom is 0.266 e. The molecule has 2 heterocycles. The molecule has 1 aliphatic rings. The van der Waals surface area contributed by atoms with E-state index in [9.17, 15) is 9.18 Å². The lowest BCUT2D eigenvalue weighted by Crippen LogP contribution is -2.32. The summed E-state index contributed by atoms with van der Waals surface area (Å²) in [6, 6.07) is 11.8. The van der Waals surface area contributed by atoms with E-state index in [-0.39, 0.29) is 11.7 Å². The maximum absolute atomic E-state index is 13.2. The number of nitrogens with one attached hydrogen (secondary N) is 1. The fourth-order valence-electron chi connectivity index (χ4n) is 2.93. The number of hydrogen-bond acceptors (Lipinski definition) is 4. The third-order valence-electron chi connectivity index (χ3n) is 4.23. The number of amidine groups is 1. The summed E-state index contributed by atoms with van der Waals surface area (Å²) in [6.45, 7) is 4.68. The average Bonchev–Trinajstić information content (AvgIpc) is 3.23. The van der Waals surface area contributed by atoms with E-state index in [0.29, 0.717) is 28.2 Å². The van der Waals surface area contributed by atoms with Crippen molar-refractivity contribution in [2.45, 2.75) is 13.8 Å². The monoisotopic (exact) mass is 394 g/mol. The number of imidazole rings is 1. The zero-order valence-corrected chi connectivity index (χ0v) is 16.3. The molecule has 5 nitrogen and oxygen atoms in total. The molecular formula is C21H19FN4OS. The van der Waals surface area contributed by atoms with Gasteiger partial charge in [0, 0.05) is 6.54 Å². The van der Waals surface area contributed by atoms with Crippen LogP contribution in [0.2, 0.25) is 0 Å². The Kier molecular flexibility index (Phi) is 5.00. The fraction of sp³-hybridized carbons (Fsp3) is 0.190. The highest BCUT2D eigenvalue weighted by Gasteiger charge is 2.33. The molecule has 0 spiro atoms. The van der Waals surface area contributed by atoms with E-state index in [1.165, 1.54) is 23.9 Å². The molecule has 0 radical (unpaired) electrons. The summed E-state index contributed by atoms with van der Waals surface area (Å²) in [7, 11) is 0. The number of rotatable bonds is 4. The maximum atomic E-state index is 13.2. The standard InChI is InChI=1S/C21H19FN4OS/c1-13(2)11-26-20(27)19(10-14-3-8-17-18(9-14)24-12-23-17)28-21(26)25-16-6-4-15(22)5-7-16/h3-10,12-13H,11H2,1-2H3,(H,23,24). The number of fused-ring (bicyclic) bond motifs is 1. The molecule has 4 rings (SSSR count). The van der Waals surface area contributed by atoms with Crippen LogP contribution in [0.15, 0.2) is 58.7 Å². The van der Waals surface area contributed by atoms with Crippen molar-refractivity contribution in [2.24, 2.45) is 10.9 Å². The Balaban J connectivity index is 1.68. The molecule has 3 aromatic rings. The van der Waals surface area contributed by atoms with Crippen LogP contribution in [-0.2, 0) is 4.79 Å². The Labute approximate surface area is 166 Å². The number of carbonyl (C=O) groups excluding carboxylic acids is 1. The number of aliphatic imine (C=N–C) groups is 1. The Morgan fingerprint density at radius 3 is 2.79 bits per heavy atom. The van der Waals surface area contributed by atoms with Crippen LogP contribution < -0.4 is 0 Å². The normalized spacial score (nSPS) is 17.6. The Hall–Kier alpha value is -2.93. The molecule has 1 amide bonds. The highest BCUT2D eigenvalue weighted by molar-refractivity contribution is 8.18. The number of amides is 1. The second-order valence-corrected chi connectivity index (χ2v) is 7.98. The van der Waals surface area contributed by atoms with Crippen LogP contribution >= 0.6 is 11.8 Å². The van der Waals surface area contributed by atoms with Gasteiger partial charge in [-0.1, -0.05) is 19.9 Å². The number of benzene rings is 2. The molecule has 0 unspecified atom stereocenters. The second-order valence-electron chi connectivity index (χ2n) is 6.97. The van der Waals surface area contributed by atoms with Gasteiger partial charge in [0.05, 0.1) is 28.0 Å². The average molecular weight is 394 g/mol. The summed E-state index contributed by atoms with van der Waals surface area (Å²) in [5, 5.41) is 0.609. The van der Waals surface area contributed by atoms with Crippen molar-refractivity contribution in [3.05, 3.63) is 65.1 Å². The number of thioether (sulfide) groups is 1. The Bertz CT molecular complexity index is 1090. The lowest BCUT2D eigenvalue weighted by molar-refractivity contribution is -0.122. The molecular weight excluding hydrogens is 375 g/mol. The Morgan fingerprint density at radius 1 is 1.25 bits per heavy atom. The lowest BCUT2D eigenvalue weighted by Gasteiger charge is -2.17. The number of nitrogens with zero attached hydrogens (tertiary/aromatic N) is 3. The molecule has 1 saturated heterocycles. The van der Waals surface area contributed by atoms with Crippen molar-refractivity contribution in [1.82, 2.24) is 14.9 Å². The molecule has 142 valence electrons. The summed E-state index contributed by atoms with van der Waals surface area (Å²) in [5.41, 5.74) is 3.32. The van der Waals surface area contributed by atoms with Gasteiger partial charge in [-0.25, -0.2) is 14.4 Å². The molecule has 0 aliphatic carbocycles. The van der Waals surface area contributed by atoms with Crippen molar-refractivity contribution < 1.29 is 9.18 Å². The van der Waals surface area contributed by atoms with Gasteiger partial charge in [0.1, 0.15) is 5.82 Å². The lowest BCUT2D eigenvalue weighted by atomic mass is 10.1. The van der Waals surface area contributed by atoms with E-state index >= 15 is 0 Å². The van der Waals surface area contributed by atoms with Gasteiger partial charge in [0.2, 0.25) is 0 Å². The summed E-state index contributed by atoms with van der Waals surface area (Å²) in [6.07, 6.45) is 3.51. The first-order chi connectivity index (χ1) is 13.5. The summed E-state index contributed by atoms with van der Waals surface area (Å²) in [4.78, 5) is 27.2. The number of aromatic amines is 1. The first-order valence-electron chi connectivity index (χ1n) is 8.98. The van der Waals surface area contributed by atoms with Crippen LogP contribution in [0.3, 0.4) is 0 Å². The second kappa shape index (κ2) is 7.59. The van der Waals surface area contributed by atoms with Crippen molar-refractivity contribution in [3.8, 4) is 0 Å². The highest BCUT2D eigenvalue weighted by Crippen LogP contribution is 2.35. The van der Waals surface area contributed by atoms with Crippen LogP contribution in [-0.4, -0.2) is 32.5 Å². The molecule has 28 heavy (non-hydrogen) atoms. The van der Waals surface area contributed by atoms with Gasteiger partial charge in [0.15, 0.2) is 5.17 Å². The smallest absolute Gasteiger partial charge is 0.266 e. The molecule has 7 heteroatoms. The van der Waals surface area contributed by atoms with Gasteiger partial charge >= 0.3 is 0 Å². The molecule has 0 atom stereocenters. The van der Waals surface area contributed by atoms with Crippen LogP contribution in [0.1, 0.15) is 19.4 Å². The van der Waals surface area contributed by atoms with Gasteiger partial charge in [-0.2, -0.15) is 0 Å². The van der Waals surface area contributed by atoms with E-state index in [0.717, 1.165) is 16.6 Å². The third kappa shape index (κ3) is 3.84. The van der Waals surface area contributed by atoms with Crippen molar-refractivity contribution >= 4 is 45.6 Å². The quantitative estimate of drug-likeness (QED) is 0.636. The van der Waals surface area contributed by atoms with E-state index in [2.05, 4.69) is 28.8 Å². The van der Waals surface area contributed by atoms with Gasteiger partial charge < -0.3 is 4.98 Å². The van der Waals surface area contributed by atoms with Crippen LogP contribution in [0.5, 0.6) is 0 Å². The zero-order chi connectivity index (χ0) is 19.7. The number of carbonyl (C=O) groups is 1. The largest absolute Gasteiger partial charge is 0.345 e. The first-order valence-corrected chi connectivity index (χ1v) is 9.80. The number of H-pyrrole nitrogens is 1. The number of halogens is 1. The summed E-state index contributed by atoms with van der Waals surface area (Å²) < 4.78 is 13.2. The van der Waals surface area contributed by atoms with E-state index in [4.69, 9.17) is 0 Å². The van der Waals surface area contributed by atoms with E-state index in [1.54, 1.807) is 23.4 Å². The van der Waals surface area contributed by atoms with Crippen molar-refractivity contribution in [2.75, 3.05) is 6.54 Å². The number of hydrogen-bond donors (Lipinski definition) is 1. The SMILES string of the molecule is CC(C)CN1C(=O)C(=Cc2ccc3[nH]cnc3c2)SC1=Nc1ccc(F)cc1. The molecule has 1 aliphatic heterocycles. The first kappa shape index (κ1) is 18.4. The van der Waals surface area contributed by atoms with Crippen LogP contribution in [0, 0.1) is 11.7 Å². The molecule has 2 aromatic carbocycles. The molecule has 0 saturated carbocycles. The summed E-state index contributed by atoms with van der Waals surface area (Å²) >= 11 is 1.34. The minimum absolute atomic E-state index is 0.0679. The van der Waals surface area contributed by atoms with Gasteiger partial charge in [0.25, 0.3) is 5.91 Å². The van der Waals surface area contributed by atoms with Crippen molar-refractivity contribution in [1.29, 1.82) is 0 Å².